The Hall–Kier alpha value is -3.02. The lowest BCUT2D eigenvalue weighted by molar-refractivity contribution is -0.183. The Labute approximate surface area is 316 Å². The van der Waals surface area contributed by atoms with E-state index in [4.69, 9.17) is 9.57 Å². The summed E-state index contributed by atoms with van der Waals surface area (Å²) in [4.78, 5) is 36.3. The molecule has 10 nitrogen and oxygen atoms in total. The largest absolute Gasteiger partial charge is 0.496 e. The Morgan fingerprint density at radius 1 is 1.09 bits per heavy atom. The third-order valence-corrected chi connectivity index (χ3v) is 13.4. The standard InChI is InChI=1S/C43H64N4O6/c1-26-35-21-32(43(35,3)4)22-36(26)45-42(51)39-38(27(2)49)37(25-48)53-47(39)23-31-17-12-18-34(40(31)52-7)29-15-11-16-30(20-29)41(50)44-33(24-46(5)6)19-28-13-9-8-10-14-28/h11-12,15-18,20,26-28,32-33,35-39,48-49H,8-10,13-14,19,21-25H2,1-7H3,(H,44,50)(H,45,51)/t26-,27?,32-,33+,35-,36-,37-,38?,39-/m0/s1. The minimum absolute atomic E-state index is 0.0525. The number of aliphatic hydroxyl groups is 2. The minimum atomic E-state index is -0.883. The lowest BCUT2D eigenvalue weighted by Crippen LogP contribution is -2.62. The van der Waals surface area contributed by atoms with Crippen molar-refractivity contribution in [3.63, 3.8) is 0 Å². The van der Waals surface area contributed by atoms with Crippen molar-refractivity contribution in [1.82, 2.24) is 20.6 Å². The van der Waals surface area contributed by atoms with E-state index in [0.717, 1.165) is 36.1 Å². The highest BCUT2D eigenvalue weighted by molar-refractivity contribution is 5.96. The zero-order valence-corrected chi connectivity index (χ0v) is 33.0. The monoisotopic (exact) mass is 732 g/mol. The van der Waals surface area contributed by atoms with E-state index >= 15 is 0 Å². The fourth-order valence-corrected chi connectivity index (χ4v) is 10.4. The molecule has 2 amide bonds. The molecule has 9 atom stereocenters. The van der Waals surface area contributed by atoms with E-state index in [1.54, 1.807) is 19.1 Å². The second-order valence-electron chi connectivity index (χ2n) is 17.5. The number of hydrogen-bond donors (Lipinski definition) is 4. The van der Waals surface area contributed by atoms with Gasteiger partial charge in [-0.1, -0.05) is 83.2 Å². The van der Waals surface area contributed by atoms with Crippen LogP contribution >= 0.6 is 0 Å². The number of fused-ring (bicyclic) bond motifs is 2. The number of methoxy groups -OCH3 is 1. The molecule has 1 aliphatic heterocycles. The number of hydrogen-bond acceptors (Lipinski definition) is 8. The van der Waals surface area contributed by atoms with E-state index in [1.165, 1.54) is 38.5 Å². The molecule has 7 rings (SSSR count). The molecule has 292 valence electrons. The molecule has 1 saturated heterocycles. The Balaban J connectivity index is 1.21. The van der Waals surface area contributed by atoms with Crippen molar-refractivity contribution in [2.24, 2.45) is 35.0 Å². The highest BCUT2D eigenvalue weighted by Crippen LogP contribution is 2.61. The van der Waals surface area contributed by atoms with Crippen LogP contribution in [0.2, 0.25) is 0 Å². The summed E-state index contributed by atoms with van der Waals surface area (Å²) in [5.74, 6) is 1.86. The summed E-state index contributed by atoms with van der Waals surface area (Å²) >= 11 is 0. The number of amides is 2. The minimum Gasteiger partial charge on any atom is -0.496 e. The molecule has 4 aliphatic carbocycles. The number of carbonyl (C=O) groups excluding carboxylic acids is 2. The van der Waals surface area contributed by atoms with Gasteiger partial charge < -0.3 is 30.5 Å². The summed E-state index contributed by atoms with van der Waals surface area (Å²) in [7, 11) is 5.73. The highest BCUT2D eigenvalue weighted by atomic mass is 16.7. The molecule has 10 heteroatoms. The number of benzene rings is 2. The predicted octanol–water partition coefficient (Wildman–Crippen LogP) is 5.65. The second kappa shape index (κ2) is 16.8. The molecule has 4 saturated carbocycles. The number of nitrogens with one attached hydrogen (secondary N) is 2. The molecular weight excluding hydrogens is 668 g/mol. The van der Waals surface area contributed by atoms with Crippen molar-refractivity contribution < 1.29 is 29.4 Å². The molecule has 2 aromatic carbocycles. The van der Waals surface area contributed by atoms with Gasteiger partial charge in [-0.3, -0.25) is 14.4 Å². The molecule has 2 aromatic rings. The van der Waals surface area contributed by atoms with Crippen LogP contribution < -0.4 is 15.4 Å². The third kappa shape index (κ3) is 8.47. The fourth-order valence-electron chi connectivity index (χ4n) is 10.4. The van der Waals surface area contributed by atoms with Crippen LogP contribution in [0, 0.1) is 35.0 Å². The number of para-hydroxylation sites is 1. The molecule has 5 fully saturated rings. The van der Waals surface area contributed by atoms with Crippen LogP contribution in [0.3, 0.4) is 0 Å². The van der Waals surface area contributed by atoms with Crippen molar-refractivity contribution in [1.29, 1.82) is 0 Å². The Morgan fingerprint density at radius 3 is 2.47 bits per heavy atom. The van der Waals surface area contributed by atoms with E-state index in [1.807, 2.05) is 42.5 Å². The summed E-state index contributed by atoms with van der Waals surface area (Å²) in [5.41, 5.74) is 3.32. The first kappa shape index (κ1) is 39.7. The van der Waals surface area contributed by atoms with Crippen molar-refractivity contribution in [3.05, 3.63) is 53.6 Å². The normalized spacial score (nSPS) is 29.7. The van der Waals surface area contributed by atoms with Gasteiger partial charge in [-0.05, 0) is 87.1 Å². The quantitative estimate of drug-likeness (QED) is 0.197. The number of likely N-dealkylation sites (N-methyl/N-ethyl adjacent to an activating group) is 1. The molecule has 0 aromatic heterocycles. The van der Waals surface area contributed by atoms with E-state index in [2.05, 4.69) is 50.4 Å². The molecule has 1 heterocycles. The van der Waals surface area contributed by atoms with Crippen molar-refractivity contribution in [2.45, 2.75) is 116 Å². The van der Waals surface area contributed by atoms with Crippen LogP contribution in [0.15, 0.2) is 42.5 Å². The van der Waals surface area contributed by atoms with Gasteiger partial charge >= 0.3 is 0 Å². The van der Waals surface area contributed by atoms with Gasteiger partial charge in [-0.25, -0.2) is 0 Å². The number of rotatable bonds is 14. The summed E-state index contributed by atoms with van der Waals surface area (Å²) in [6.45, 7) is 9.25. The van der Waals surface area contributed by atoms with E-state index in [0.29, 0.717) is 40.4 Å². The number of aliphatic hydroxyl groups excluding tert-OH is 2. The van der Waals surface area contributed by atoms with Gasteiger partial charge in [-0.15, -0.1) is 0 Å². The zero-order chi connectivity index (χ0) is 38.0. The first-order valence-corrected chi connectivity index (χ1v) is 20.1. The highest BCUT2D eigenvalue weighted by Gasteiger charge is 2.57. The molecule has 53 heavy (non-hydrogen) atoms. The van der Waals surface area contributed by atoms with Gasteiger partial charge in [0.15, 0.2) is 0 Å². The van der Waals surface area contributed by atoms with Gasteiger partial charge in [-0.2, -0.15) is 5.06 Å². The number of nitrogens with zero attached hydrogens (tertiary/aromatic N) is 2. The zero-order valence-electron chi connectivity index (χ0n) is 33.0. The molecule has 5 aliphatic rings. The van der Waals surface area contributed by atoms with Crippen molar-refractivity contribution >= 4 is 11.8 Å². The van der Waals surface area contributed by atoms with Gasteiger partial charge in [0.2, 0.25) is 5.91 Å². The molecule has 2 bridgehead atoms. The van der Waals surface area contributed by atoms with Gasteiger partial charge in [0.25, 0.3) is 5.91 Å². The van der Waals surface area contributed by atoms with Crippen LogP contribution in [-0.4, -0.2) is 96.7 Å². The smallest absolute Gasteiger partial charge is 0.251 e. The summed E-state index contributed by atoms with van der Waals surface area (Å²) < 4.78 is 6.04. The Bertz CT molecular complexity index is 1570. The van der Waals surface area contributed by atoms with Crippen LogP contribution in [-0.2, 0) is 16.2 Å². The molecule has 4 N–H and O–H groups in total. The van der Waals surface area contributed by atoms with Crippen LogP contribution in [0.4, 0.5) is 0 Å². The predicted molar refractivity (Wildman–Crippen MR) is 207 cm³/mol. The average Bonchev–Trinajstić information content (AvgIpc) is 3.51. The molecule has 0 spiro atoms. The average molecular weight is 733 g/mol. The number of hydroxylamine groups is 2. The molecule has 0 radical (unpaired) electrons. The van der Waals surface area contributed by atoms with Crippen LogP contribution in [0.25, 0.3) is 11.1 Å². The van der Waals surface area contributed by atoms with Crippen LogP contribution in [0.1, 0.15) is 95.0 Å². The van der Waals surface area contributed by atoms with E-state index in [-0.39, 0.29) is 37.0 Å². The first-order valence-electron chi connectivity index (χ1n) is 20.1. The fraction of sp³-hybridized carbons (Fsp3) is 0.674. The SMILES string of the molecule is COc1c(CN2O[C@@H](CO)C(C(C)O)[C@H]2C(=O)N[C@H]2C[C@@H]3C[C@@H]([C@@H]2C)C3(C)C)cccc1-c1cccc(C(=O)N[C@H](CC2CCCCC2)CN(C)C)c1. The van der Waals surface area contributed by atoms with Crippen molar-refractivity contribution in [2.75, 3.05) is 34.4 Å². The number of carbonyl (C=O) groups is 2. The van der Waals surface area contributed by atoms with Gasteiger partial charge in [0.05, 0.1) is 26.4 Å². The Morgan fingerprint density at radius 2 is 1.83 bits per heavy atom. The lowest BCUT2D eigenvalue weighted by atomic mass is 9.45. The maximum absolute atomic E-state index is 14.2. The maximum atomic E-state index is 14.2. The Kier molecular flexibility index (Phi) is 12.6. The third-order valence-electron chi connectivity index (χ3n) is 13.4. The summed E-state index contributed by atoms with van der Waals surface area (Å²) in [5, 5.41) is 29.6. The van der Waals surface area contributed by atoms with Gasteiger partial charge in [0.1, 0.15) is 17.9 Å². The van der Waals surface area contributed by atoms with Crippen LogP contribution in [0.5, 0.6) is 5.75 Å². The van der Waals surface area contributed by atoms with Crippen molar-refractivity contribution in [3.8, 4) is 16.9 Å². The number of ether oxygens (including phenoxy) is 1. The lowest BCUT2D eigenvalue weighted by Gasteiger charge is -2.62. The maximum Gasteiger partial charge on any atom is 0.251 e. The van der Waals surface area contributed by atoms with E-state index < -0.39 is 24.2 Å². The topological polar surface area (TPSA) is 124 Å². The first-order chi connectivity index (χ1) is 25.3. The molecular formula is C43H64N4O6. The van der Waals surface area contributed by atoms with E-state index in [9.17, 15) is 19.8 Å². The molecule has 2 unspecified atom stereocenters. The van der Waals surface area contributed by atoms with Gasteiger partial charge in [0, 0.05) is 41.2 Å². The summed E-state index contributed by atoms with van der Waals surface area (Å²) in [6.07, 6.45) is 7.85. The second-order valence-corrected chi connectivity index (χ2v) is 17.5. The summed E-state index contributed by atoms with van der Waals surface area (Å²) in [6, 6.07) is 12.8.